The smallest absolute Gasteiger partial charge is 0.164 e. The van der Waals surface area contributed by atoms with Gasteiger partial charge in [-0.15, -0.1) is 0 Å². The molecular weight excluding hydrogens is 853 g/mol. The molecule has 0 amide bonds. The van der Waals surface area contributed by atoms with Crippen molar-refractivity contribution in [2.45, 2.75) is 0 Å². The van der Waals surface area contributed by atoms with Gasteiger partial charge in [0.2, 0.25) is 0 Å². The number of rotatable bonds is 7. The molecular formula is C65H40N4O. The van der Waals surface area contributed by atoms with Crippen LogP contribution in [0.15, 0.2) is 247 Å². The maximum Gasteiger partial charge on any atom is 0.164 e. The van der Waals surface area contributed by atoms with E-state index in [0.717, 1.165) is 72.0 Å². The molecule has 0 spiro atoms. The summed E-state index contributed by atoms with van der Waals surface area (Å²) in [4.78, 5) is 15.7. The highest BCUT2D eigenvalue weighted by Crippen LogP contribution is 2.40. The van der Waals surface area contributed by atoms with E-state index in [2.05, 4.69) is 229 Å². The molecule has 0 aliphatic rings. The summed E-state index contributed by atoms with van der Waals surface area (Å²) < 4.78 is 8.58. The van der Waals surface area contributed by atoms with E-state index in [4.69, 9.17) is 19.4 Å². The van der Waals surface area contributed by atoms with Gasteiger partial charge in [0.25, 0.3) is 0 Å². The Hall–Kier alpha value is -9.45. The molecule has 0 radical (unpaired) electrons. The second-order valence-corrected chi connectivity index (χ2v) is 17.9. The molecule has 0 aliphatic heterocycles. The van der Waals surface area contributed by atoms with Gasteiger partial charge in [-0.05, 0) is 103 Å². The van der Waals surface area contributed by atoms with Crippen molar-refractivity contribution in [2.24, 2.45) is 0 Å². The zero-order valence-corrected chi connectivity index (χ0v) is 37.8. The minimum absolute atomic E-state index is 0.597. The maximum atomic E-state index is 6.25. The minimum atomic E-state index is 0.597. The molecule has 0 fully saturated rings. The summed E-state index contributed by atoms with van der Waals surface area (Å²) >= 11 is 0. The summed E-state index contributed by atoms with van der Waals surface area (Å²) in [6, 6.07) is 85.9. The second-order valence-electron chi connectivity index (χ2n) is 17.9. The highest BCUT2D eigenvalue weighted by Gasteiger charge is 2.18. The van der Waals surface area contributed by atoms with E-state index in [1.807, 2.05) is 18.2 Å². The Bertz CT molecular complexity index is 4290. The molecule has 14 aromatic rings. The fraction of sp³-hybridized carbons (Fsp3) is 0. The van der Waals surface area contributed by atoms with Crippen molar-refractivity contribution in [2.75, 3.05) is 0 Å². The molecule has 3 aromatic heterocycles. The van der Waals surface area contributed by atoms with E-state index in [9.17, 15) is 0 Å². The Morgan fingerprint density at radius 2 is 0.814 bits per heavy atom. The van der Waals surface area contributed by atoms with Gasteiger partial charge in [0, 0.05) is 43.9 Å². The predicted molar refractivity (Wildman–Crippen MR) is 289 cm³/mol. The Morgan fingerprint density at radius 1 is 0.286 bits per heavy atom. The molecule has 0 aliphatic carbocycles. The third kappa shape index (κ3) is 6.59. The Labute approximate surface area is 403 Å². The van der Waals surface area contributed by atoms with Crippen molar-refractivity contribution in [3.8, 4) is 73.2 Å². The average molecular weight is 893 g/mol. The molecule has 0 atom stereocenters. The van der Waals surface area contributed by atoms with Crippen molar-refractivity contribution < 1.29 is 4.42 Å². The number of fused-ring (bicyclic) bond motifs is 9. The van der Waals surface area contributed by atoms with Crippen LogP contribution in [-0.4, -0.2) is 19.5 Å². The Kier molecular flexibility index (Phi) is 9.14. The van der Waals surface area contributed by atoms with E-state index in [-0.39, 0.29) is 0 Å². The lowest BCUT2D eigenvalue weighted by molar-refractivity contribution is 0.669. The predicted octanol–water partition coefficient (Wildman–Crippen LogP) is 17.2. The van der Waals surface area contributed by atoms with Crippen molar-refractivity contribution in [3.63, 3.8) is 0 Å². The average Bonchev–Trinajstić information content (AvgIpc) is 3.99. The summed E-state index contributed by atoms with van der Waals surface area (Å²) in [5.74, 6) is 1.79. The van der Waals surface area contributed by atoms with Crippen LogP contribution < -0.4 is 0 Å². The molecule has 0 unspecified atom stereocenters. The first-order valence-corrected chi connectivity index (χ1v) is 23.7. The molecule has 0 saturated heterocycles. The number of furan rings is 1. The molecule has 5 heteroatoms. The SMILES string of the molecule is c1ccc(-c2ccc3c(-c4ccc(-c5nc(-c6ccc(-c7cccc8oc9ccccc9c78)cc6)nc(-c6cccc(-n7c8ccccc8c8ccccc87)c6)n5)cc4)cc4ccccc4c3c2)cc1. The number of aromatic nitrogens is 4. The standard InChI is InChI=1S/C65H40N4O/c1-2-14-41(15-3-1)46-36-37-52-56(40-47-16-4-5-19-50(47)57(52)39-46)43-30-34-45(35-31-43)64-66-63(44-32-28-42(29-33-44)51-23-13-27-61-62(51)55-22-8-11-26-60(55)70-61)67-65(68-64)48-17-12-18-49(38-48)69-58-24-9-6-20-53(58)54-21-7-10-25-59(54)69/h1-40H. The molecule has 0 N–H and O–H groups in total. The number of benzene rings is 11. The molecule has 14 rings (SSSR count). The van der Waals surface area contributed by atoms with Crippen LogP contribution in [0.25, 0.3) is 139 Å². The van der Waals surface area contributed by atoms with Crippen molar-refractivity contribution in [3.05, 3.63) is 243 Å². The zero-order chi connectivity index (χ0) is 46.1. The summed E-state index contributed by atoms with van der Waals surface area (Å²) in [7, 11) is 0. The number of hydrogen-bond acceptors (Lipinski definition) is 4. The Morgan fingerprint density at radius 3 is 1.53 bits per heavy atom. The fourth-order valence-electron chi connectivity index (χ4n) is 10.5. The maximum absolute atomic E-state index is 6.25. The third-order valence-electron chi connectivity index (χ3n) is 13.9. The van der Waals surface area contributed by atoms with Gasteiger partial charge in [0.1, 0.15) is 11.2 Å². The van der Waals surface area contributed by atoms with Gasteiger partial charge in [-0.25, -0.2) is 15.0 Å². The fourth-order valence-corrected chi connectivity index (χ4v) is 10.5. The lowest BCUT2D eigenvalue weighted by Crippen LogP contribution is -2.01. The van der Waals surface area contributed by atoms with E-state index in [1.165, 1.54) is 49.0 Å². The first kappa shape index (κ1) is 39.7. The van der Waals surface area contributed by atoms with Gasteiger partial charge < -0.3 is 8.98 Å². The van der Waals surface area contributed by atoms with Gasteiger partial charge in [-0.2, -0.15) is 0 Å². The van der Waals surface area contributed by atoms with Gasteiger partial charge in [0.05, 0.1) is 11.0 Å². The molecule has 70 heavy (non-hydrogen) atoms. The first-order chi connectivity index (χ1) is 34.7. The van der Waals surface area contributed by atoms with Crippen LogP contribution in [0.2, 0.25) is 0 Å². The van der Waals surface area contributed by atoms with Crippen LogP contribution in [0.5, 0.6) is 0 Å². The summed E-state index contributed by atoms with van der Waals surface area (Å²) in [6.45, 7) is 0. The Balaban J connectivity index is 0.897. The van der Waals surface area contributed by atoms with Crippen molar-refractivity contribution in [1.82, 2.24) is 19.5 Å². The first-order valence-electron chi connectivity index (χ1n) is 23.7. The van der Waals surface area contributed by atoms with Gasteiger partial charge in [-0.1, -0.05) is 194 Å². The molecule has 3 heterocycles. The van der Waals surface area contributed by atoms with Gasteiger partial charge in [-0.3, -0.25) is 0 Å². The summed E-state index contributed by atoms with van der Waals surface area (Å²) in [5.41, 5.74) is 14.7. The number of nitrogens with zero attached hydrogens (tertiary/aromatic N) is 4. The zero-order valence-electron chi connectivity index (χ0n) is 37.8. The summed E-state index contributed by atoms with van der Waals surface area (Å²) in [6.07, 6.45) is 0. The van der Waals surface area contributed by atoms with Crippen molar-refractivity contribution >= 4 is 65.3 Å². The highest BCUT2D eigenvalue weighted by molar-refractivity contribution is 6.15. The monoisotopic (exact) mass is 892 g/mol. The lowest BCUT2D eigenvalue weighted by atomic mass is 9.91. The van der Waals surface area contributed by atoms with E-state index < -0.39 is 0 Å². The summed E-state index contributed by atoms with van der Waals surface area (Å²) in [5, 5.41) is 9.52. The van der Waals surface area contributed by atoms with Gasteiger partial charge >= 0.3 is 0 Å². The molecule has 326 valence electrons. The molecule has 0 saturated carbocycles. The molecule has 0 bridgehead atoms. The van der Waals surface area contributed by atoms with Crippen LogP contribution >= 0.6 is 0 Å². The van der Waals surface area contributed by atoms with Crippen LogP contribution in [-0.2, 0) is 0 Å². The van der Waals surface area contributed by atoms with Gasteiger partial charge in [0.15, 0.2) is 17.5 Å². The number of para-hydroxylation sites is 3. The van der Waals surface area contributed by atoms with E-state index >= 15 is 0 Å². The second kappa shape index (κ2) is 16.1. The van der Waals surface area contributed by atoms with Crippen LogP contribution in [0, 0.1) is 0 Å². The highest BCUT2D eigenvalue weighted by atomic mass is 16.3. The topological polar surface area (TPSA) is 56.7 Å². The van der Waals surface area contributed by atoms with Crippen LogP contribution in [0.4, 0.5) is 0 Å². The van der Waals surface area contributed by atoms with Crippen LogP contribution in [0.3, 0.4) is 0 Å². The largest absolute Gasteiger partial charge is 0.456 e. The van der Waals surface area contributed by atoms with E-state index in [0.29, 0.717) is 17.5 Å². The minimum Gasteiger partial charge on any atom is -0.456 e. The van der Waals surface area contributed by atoms with E-state index in [1.54, 1.807) is 0 Å². The third-order valence-corrected chi connectivity index (χ3v) is 13.9. The van der Waals surface area contributed by atoms with Crippen molar-refractivity contribution in [1.29, 1.82) is 0 Å². The normalized spacial score (nSPS) is 11.7. The van der Waals surface area contributed by atoms with Crippen LogP contribution in [0.1, 0.15) is 0 Å². The lowest BCUT2D eigenvalue weighted by Gasteiger charge is -2.14. The molecule has 11 aromatic carbocycles. The quantitative estimate of drug-likeness (QED) is 0.150. The number of hydrogen-bond donors (Lipinski definition) is 0. The molecule has 5 nitrogen and oxygen atoms in total.